The van der Waals surface area contributed by atoms with Gasteiger partial charge in [-0.1, -0.05) is 19.6 Å². The molecule has 0 aliphatic heterocycles. The van der Waals surface area contributed by atoms with Crippen LogP contribution in [0, 0.1) is 12.8 Å². The molecule has 1 saturated carbocycles. The monoisotopic (exact) mass is 483 g/mol. The molecule has 0 spiro atoms. The van der Waals surface area contributed by atoms with Crippen LogP contribution in [0.5, 0.6) is 11.5 Å². The summed E-state index contributed by atoms with van der Waals surface area (Å²) in [6.45, 7) is 10.2. The lowest BCUT2D eigenvalue weighted by molar-refractivity contribution is 0.0694. The maximum Gasteiger partial charge on any atom is 0.339 e. The molecular formula is C25H33N3O5Si. The Bertz CT molecular complexity index is 1200. The molecule has 1 fully saturated rings. The number of methoxy groups -OCH3 is 1. The van der Waals surface area contributed by atoms with Crippen molar-refractivity contribution < 1.29 is 24.1 Å². The highest BCUT2D eigenvalue weighted by atomic mass is 28.3. The van der Waals surface area contributed by atoms with Crippen LogP contribution in [0.2, 0.25) is 25.7 Å². The van der Waals surface area contributed by atoms with Crippen LogP contribution in [-0.2, 0) is 11.5 Å². The first-order chi connectivity index (χ1) is 16.2. The molecule has 8 nitrogen and oxygen atoms in total. The number of nitrogens with zero attached hydrogens (tertiary/aromatic N) is 3. The summed E-state index contributed by atoms with van der Waals surface area (Å²) in [6, 6.07) is 6.64. The Morgan fingerprint density at radius 2 is 2.00 bits per heavy atom. The van der Waals surface area contributed by atoms with Crippen LogP contribution in [0.1, 0.15) is 28.9 Å². The molecule has 1 N–H and O–H groups in total. The maximum absolute atomic E-state index is 12.1. The van der Waals surface area contributed by atoms with E-state index in [1.807, 2.05) is 22.8 Å². The van der Waals surface area contributed by atoms with Gasteiger partial charge in [-0.25, -0.2) is 14.8 Å². The first kappa shape index (κ1) is 24.2. The predicted molar refractivity (Wildman–Crippen MR) is 134 cm³/mol. The van der Waals surface area contributed by atoms with Crippen molar-refractivity contribution in [1.82, 2.24) is 14.5 Å². The standard InChI is InChI=1S/C25H33N3O5Si/c1-16-21(25(29)30)23-24(28(16)15-32-10-11-34(3,4)5)22(26-14-27-23)19-9-8-18(31-2)12-20(19)33-13-17-6-7-17/h8-9,12,14,17H,6-7,10-11,13,15H2,1-5H3,(H,29,30). The number of carboxylic acids is 1. The molecule has 1 aliphatic rings. The topological polar surface area (TPSA) is 95.7 Å². The molecule has 34 heavy (non-hydrogen) atoms. The van der Waals surface area contributed by atoms with Gasteiger partial charge >= 0.3 is 5.97 Å². The number of carbonyl (C=O) groups is 1. The molecule has 0 radical (unpaired) electrons. The maximum atomic E-state index is 12.1. The second-order valence-corrected chi connectivity index (χ2v) is 15.7. The average molecular weight is 484 g/mol. The number of fused-ring (bicyclic) bond motifs is 1. The van der Waals surface area contributed by atoms with Gasteiger partial charge in [0.1, 0.15) is 41.3 Å². The molecular weight excluding hydrogens is 450 g/mol. The second-order valence-electron chi connectivity index (χ2n) is 10.1. The summed E-state index contributed by atoms with van der Waals surface area (Å²) < 4.78 is 19.5. The van der Waals surface area contributed by atoms with Crippen molar-refractivity contribution in [2.75, 3.05) is 20.3 Å². The highest BCUT2D eigenvalue weighted by Gasteiger charge is 2.27. The lowest BCUT2D eigenvalue weighted by Gasteiger charge is -2.17. The molecule has 0 atom stereocenters. The fourth-order valence-corrected chi connectivity index (χ4v) is 4.63. The van der Waals surface area contributed by atoms with Crippen LogP contribution < -0.4 is 9.47 Å². The minimum absolute atomic E-state index is 0.168. The van der Waals surface area contributed by atoms with E-state index in [9.17, 15) is 9.90 Å². The Balaban J connectivity index is 1.80. The number of aromatic nitrogens is 3. The van der Waals surface area contributed by atoms with E-state index < -0.39 is 14.0 Å². The zero-order chi connectivity index (χ0) is 24.5. The molecule has 0 amide bonds. The summed E-state index contributed by atoms with van der Waals surface area (Å²) in [7, 11) is 0.369. The average Bonchev–Trinajstić information content (AvgIpc) is 3.57. The number of hydrogen-bond donors (Lipinski definition) is 1. The molecule has 0 bridgehead atoms. The van der Waals surface area contributed by atoms with Gasteiger partial charge in [-0.3, -0.25) is 0 Å². The summed E-state index contributed by atoms with van der Waals surface area (Å²) in [6.07, 6.45) is 3.76. The third kappa shape index (κ3) is 5.25. The third-order valence-electron chi connectivity index (χ3n) is 6.14. The van der Waals surface area contributed by atoms with Crippen LogP contribution in [0.4, 0.5) is 0 Å². The van der Waals surface area contributed by atoms with Crippen LogP contribution in [0.15, 0.2) is 24.5 Å². The SMILES string of the molecule is COc1ccc(-c2ncnc3c(C(=O)O)c(C)n(COCC[Si](C)(C)C)c23)c(OCC2CC2)c1. The Hall–Kier alpha value is -2.91. The molecule has 0 saturated heterocycles. The van der Waals surface area contributed by atoms with Gasteiger partial charge in [-0.15, -0.1) is 0 Å². The van der Waals surface area contributed by atoms with E-state index in [1.165, 1.54) is 19.2 Å². The summed E-state index contributed by atoms with van der Waals surface area (Å²) in [4.78, 5) is 21.1. The van der Waals surface area contributed by atoms with Gasteiger partial charge < -0.3 is 23.9 Å². The number of carboxylic acid groups (broad SMARTS) is 1. The van der Waals surface area contributed by atoms with E-state index >= 15 is 0 Å². The fraction of sp³-hybridized carbons (Fsp3) is 0.480. The van der Waals surface area contributed by atoms with E-state index in [-0.39, 0.29) is 12.3 Å². The number of aromatic carboxylic acids is 1. The molecule has 182 valence electrons. The fourth-order valence-electron chi connectivity index (χ4n) is 3.88. The van der Waals surface area contributed by atoms with Crippen molar-refractivity contribution in [3.63, 3.8) is 0 Å². The molecule has 9 heteroatoms. The van der Waals surface area contributed by atoms with Crippen molar-refractivity contribution in [2.24, 2.45) is 5.92 Å². The second kappa shape index (κ2) is 9.75. The van der Waals surface area contributed by atoms with Crippen molar-refractivity contribution in [3.8, 4) is 22.8 Å². The van der Waals surface area contributed by atoms with E-state index in [4.69, 9.17) is 14.2 Å². The van der Waals surface area contributed by atoms with Gasteiger partial charge in [-0.05, 0) is 43.9 Å². The van der Waals surface area contributed by atoms with E-state index in [0.29, 0.717) is 53.1 Å². The number of rotatable bonds is 11. The zero-order valence-electron chi connectivity index (χ0n) is 20.6. The van der Waals surface area contributed by atoms with Crippen molar-refractivity contribution in [3.05, 3.63) is 35.8 Å². The molecule has 1 aliphatic carbocycles. The molecule has 0 unspecified atom stereocenters. The van der Waals surface area contributed by atoms with Crippen LogP contribution in [0.25, 0.3) is 22.3 Å². The largest absolute Gasteiger partial charge is 0.497 e. The first-order valence-corrected chi connectivity index (χ1v) is 15.4. The summed E-state index contributed by atoms with van der Waals surface area (Å²) >= 11 is 0. The van der Waals surface area contributed by atoms with Crippen molar-refractivity contribution in [2.45, 2.75) is 52.2 Å². The lowest BCUT2D eigenvalue weighted by atomic mass is 10.1. The van der Waals surface area contributed by atoms with Gasteiger partial charge in [0.2, 0.25) is 0 Å². The molecule has 2 heterocycles. The zero-order valence-corrected chi connectivity index (χ0v) is 21.6. The third-order valence-corrected chi connectivity index (χ3v) is 7.85. The van der Waals surface area contributed by atoms with Gasteiger partial charge in [0.25, 0.3) is 0 Å². The predicted octanol–water partition coefficient (Wildman–Crippen LogP) is 5.21. The Labute approximate surface area is 200 Å². The summed E-state index contributed by atoms with van der Waals surface area (Å²) in [5.41, 5.74) is 3.17. The Kier molecular flexibility index (Phi) is 6.95. The van der Waals surface area contributed by atoms with Gasteiger partial charge in [0, 0.05) is 32.0 Å². The van der Waals surface area contributed by atoms with Gasteiger partial charge in [0.05, 0.1) is 19.2 Å². The Morgan fingerprint density at radius 3 is 2.65 bits per heavy atom. The molecule has 3 aromatic rings. The highest BCUT2D eigenvalue weighted by Crippen LogP contribution is 2.39. The molecule has 4 rings (SSSR count). The van der Waals surface area contributed by atoms with E-state index in [2.05, 4.69) is 29.6 Å². The quantitative estimate of drug-likeness (QED) is 0.295. The number of hydrogen-bond acceptors (Lipinski definition) is 6. The van der Waals surface area contributed by atoms with Crippen molar-refractivity contribution >= 4 is 25.1 Å². The Morgan fingerprint density at radius 1 is 1.24 bits per heavy atom. The minimum atomic E-state index is -1.25. The van der Waals surface area contributed by atoms with Crippen molar-refractivity contribution in [1.29, 1.82) is 0 Å². The summed E-state index contributed by atoms with van der Waals surface area (Å²) in [5, 5.41) is 9.94. The number of benzene rings is 1. The van der Waals surface area contributed by atoms with Crippen LogP contribution in [-0.4, -0.2) is 54.0 Å². The number of ether oxygens (including phenoxy) is 3. The lowest BCUT2D eigenvalue weighted by Crippen LogP contribution is -2.22. The molecule has 1 aromatic carbocycles. The van der Waals surface area contributed by atoms with Gasteiger partial charge in [0.15, 0.2) is 0 Å². The molecule has 2 aromatic heterocycles. The van der Waals surface area contributed by atoms with E-state index in [0.717, 1.165) is 11.6 Å². The smallest absolute Gasteiger partial charge is 0.339 e. The highest BCUT2D eigenvalue weighted by molar-refractivity contribution is 6.76. The van der Waals surface area contributed by atoms with E-state index in [1.54, 1.807) is 14.0 Å². The van der Waals surface area contributed by atoms with Crippen LogP contribution in [0.3, 0.4) is 0 Å². The van der Waals surface area contributed by atoms with Crippen LogP contribution >= 0.6 is 0 Å². The minimum Gasteiger partial charge on any atom is -0.497 e. The first-order valence-electron chi connectivity index (χ1n) is 11.7. The van der Waals surface area contributed by atoms with Gasteiger partial charge in [-0.2, -0.15) is 0 Å². The summed E-state index contributed by atoms with van der Waals surface area (Å²) in [5.74, 6) is 0.905. The normalized spacial score (nSPS) is 13.9.